The number of carbonyl (C=O) groups is 2. The number of alkyl halides is 3. The van der Waals surface area contributed by atoms with Crippen molar-refractivity contribution in [3.63, 3.8) is 0 Å². The number of cyclic esters (lactones) is 1. The summed E-state index contributed by atoms with van der Waals surface area (Å²) in [6, 6.07) is 8.90. The molecule has 25 heavy (non-hydrogen) atoms. The van der Waals surface area contributed by atoms with Crippen LogP contribution < -0.4 is 5.32 Å². The molecule has 1 heterocycles. The third-order valence-corrected chi connectivity index (χ3v) is 4.29. The van der Waals surface area contributed by atoms with Crippen LogP contribution in [0, 0.1) is 17.3 Å². The van der Waals surface area contributed by atoms with Gasteiger partial charge in [0.2, 0.25) is 5.91 Å². The Morgan fingerprint density at radius 1 is 1.20 bits per heavy atom. The van der Waals surface area contributed by atoms with E-state index in [9.17, 15) is 22.8 Å². The highest BCUT2D eigenvalue weighted by Gasteiger charge is 2.57. The second kappa shape index (κ2) is 7.06. The van der Waals surface area contributed by atoms with Crippen molar-refractivity contribution in [2.24, 2.45) is 17.3 Å². The fraction of sp³-hybridized carbons (Fsp3) is 0.556. The largest absolute Gasteiger partial charge is 0.461 e. The molecule has 0 saturated carbocycles. The fourth-order valence-electron chi connectivity index (χ4n) is 3.04. The highest BCUT2D eigenvalue weighted by atomic mass is 19.4. The van der Waals surface area contributed by atoms with Gasteiger partial charge in [0, 0.05) is 6.54 Å². The van der Waals surface area contributed by atoms with E-state index in [1.807, 2.05) is 0 Å². The summed E-state index contributed by atoms with van der Waals surface area (Å²) in [6.07, 6.45) is -6.63. The van der Waals surface area contributed by atoms with Crippen molar-refractivity contribution in [3.05, 3.63) is 35.9 Å². The molecule has 1 amide bonds. The minimum Gasteiger partial charge on any atom is -0.461 e. The number of esters is 1. The van der Waals surface area contributed by atoms with E-state index >= 15 is 0 Å². The highest BCUT2D eigenvalue weighted by Crippen LogP contribution is 2.45. The van der Waals surface area contributed by atoms with Crippen LogP contribution >= 0.6 is 0 Å². The van der Waals surface area contributed by atoms with Gasteiger partial charge in [-0.2, -0.15) is 13.2 Å². The Morgan fingerprint density at radius 2 is 1.80 bits per heavy atom. The molecule has 3 atom stereocenters. The lowest BCUT2D eigenvalue weighted by Crippen LogP contribution is -2.55. The lowest BCUT2D eigenvalue weighted by molar-refractivity contribution is -0.231. The molecule has 1 N–H and O–H groups in total. The van der Waals surface area contributed by atoms with E-state index in [1.54, 1.807) is 51.1 Å². The van der Waals surface area contributed by atoms with Gasteiger partial charge in [-0.05, 0) is 11.0 Å². The third kappa shape index (κ3) is 4.74. The Balaban J connectivity index is 2.25. The van der Waals surface area contributed by atoms with Gasteiger partial charge in [0.15, 0.2) is 0 Å². The van der Waals surface area contributed by atoms with Crippen molar-refractivity contribution in [1.29, 1.82) is 0 Å². The molecule has 0 aromatic heterocycles. The molecule has 1 fully saturated rings. The van der Waals surface area contributed by atoms with Crippen LogP contribution in [0.3, 0.4) is 0 Å². The van der Waals surface area contributed by atoms with Crippen LogP contribution in [0.5, 0.6) is 0 Å². The fourth-order valence-corrected chi connectivity index (χ4v) is 3.04. The predicted octanol–water partition coefficient (Wildman–Crippen LogP) is 3.46. The molecular weight excluding hydrogens is 335 g/mol. The number of benzene rings is 1. The molecule has 0 aliphatic carbocycles. The first-order chi connectivity index (χ1) is 11.5. The standard InChI is InChI=1S/C18H22F3NO3/c1-17(2,3)15-14(12(18(19,20)21)9-13(23)25-15)16(24)22-10-11-7-5-4-6-8-11/h4-8,12,14-15H,9-10H2,1-3H3,(H,22,24)/t12-,14-,15+/m0/s1. The van der Waals surface area contributed by atoms with Gasteiger partial charge in [-0.25, -0.2) is 0 Å². The van der Waals surface area contributed by atoms with E-state index < -0.39 is 47.8 Å². The summed E-state index contributed by atoms with van der Waals surface area (Å²) in [6.45, 7) is 5.08. The molecule has 1 aliphatic heterocycles. The molecule has 0 unspecified atom stereocenters. The number of ether oxygens (including phenoxy) is 1. The second-order valence-electron chi connectivity index (χ2n) is 7.36. The molecular formula is C18H22F3NO3. The van der Waals surface area contributed by atoms with Gasteiger partial charge < -0.3 is 10.1 Å². The number of halogens is 3. The molecule has 0 radical (unpaired) electrons. The Hall–Kier alpha value is -2.05. The van der Waals surface area contributed by atoms with Crippen molar-refractivity contribution < 1.29 is 27.5 Å². The lowest BCUT2D eigenvalue weighted by atomic mass is 9.72. The van der Waals surface area contributed by atoms with Crippen molar-refractivity contribution in [2.75, 3.05) is 0 Å². The SMILES string of the molecule is CC(C)(C)[C@@H]1OC(=O)C[C@H](C(F)(F)F)[C@@H]1C(=O)NCc1ccccc1. The summed E-state index contributed by atoms with van der Waals surface area (Å²) in [5, 5.41) is 2.56. The zero-order valence-corrected chi connectivity index (χ0v) is 14.4. The summed E-state index contributed by atoms with van der Waals surface area (Å²) in [4.78, 5) is 24.3. The maximum atomic E-state index is 13.5. The predicted molar refractivity (Wildman–Crippen MR) is 85.3 cm³/mol. The number of hydrogen-bond acceptors (Lipinski definition) is 3. The van der Waals surface area contributed by atoms with E-state index in [-0.39, 0.29) is 6.54 Å². The molecule has 1 aromatic rings. The van der Waals surface area contributed by atoms with Gasteiger partial charge in [0.05, 0.1) is 18.3 Å². The number of amides is 1. The topological polar surface area (TPSA) is 55.4 Å². The average Bonchev–Trinajstić information content (AvgIpc) is 2.51. The third-order valence-electron chi connectivity index (χ3n) is 4.29. The summed E-state index contributed by atoms with van der Waals surface area (Å²) in [5.41, 5.74) is -0.0200. The first-order valence-corrected chi connectivity index (χ1v) is 8.08. The number of nitrogens with one attached hydrogen (secondary N) is 1. The minimum atomic E-state index is -4.66. The van der Waals surface area contributed by atoms with Crippen LogP contribution in [-0.4, -0.2) is 24.2 Å². The van der Waals surface area contributed by atoms with Crippen LogP contribution in [0.2, 0.25) is 0 Å². The normalized spacial score (nSPS) is 24.6. The van der Waals surface area contributed by atoms with Gasteiger partial charge in [-0.3, -0.25) is 9.59 Å². The number of carbonyl (C=O) groups excluding carboxylic acids is 2. The molecule has 0 bridgehead atoms. The Morgan fingerprint density at radius 3 is 2.32 bits per heavy atom. The van der Waals surface area contributed by atoms with Crippen molar-refractivity contribution >= 4 is 11.9 Å². The quantitative estimate of drug-likeness (QED) is 0.843. The van der Waals surface area contributed by atoms with Crippen molar-refractivity contribution in [1.82, 2.24) is 5.32 Å². The van der Waals surface area contributed by atoms with Crippen molar-refractivity contribution in [3.8, 4) is 0 Å². The van der Waals surface area contributed by atoms with E-state index in [0.29, 0.717) is 0 Å². The molecule has 0 spiro atoms. The summed E-state index contributed by atoms with van der Waals surface area (Å²) in [7, 11) is 0. The molecule has 7 heteroatoms. The molecule has 2 rings (SSSR count). The zero-order chi connectivity index (χ0) is 18.8. The molecule has 4 nitrogen and oxygen atoms in total. The minimum absolute atomic E-state index is 0.117. The summed E-state index contributed by atoms with van der Waals surface area (Å²) < 4.78 is 45.5. The first-order valence-electron chi connectivity index (χ1n) is 8.08. The highest BCUT2D eigenvalue weighted by molar-refractivity contribution is 5.83. The molecule has 1 saturated heterocycles. The summed E-state index contributed by atoms with van der Waals surface area (Å²) >= 11 is 0. The van der Waals surface area contributed by atoms with Gasteiger partial charge in [-0.15, -0.1) is 0 Å². The van der Waals surface area contributed by atoms with Crippen molar-refractivity contribution in [2.45, 2.75) is 46.0 Å². The van der Waals surface area contributed by atoms with E-state index in [2.05, 4.69) is 5.32 Å². The second-order valence-corrected chi connectivity index (χ2v) is 7.36. The molecule has 1 aliphatic rings. The van der Waals surface area contributed by atoms with Gasteiger partial charge in [-0.1, -0.05) is 51.1 Å². The average molecular weight is 357 g/mol. The molecule has 138 valence electrons. The Bertz CT molecular complexity index is 597. The lowest BCUT2D eigenvalue weighted by Gasteiger charge is -2.43. The van der Waals surface area contributed by atoms with Crippen LogP contribution in [-0.2, 0) is 20.9 Å². The Kier molecular flexibility index (Phi) is 5.44. The first kappa shape index (κ1) is 19.3. The van der Waals surface area contributed by atoms with Gasteiger partial charge >= 0.3 is 12.1 Å². The number of hydrogen-bond donors (Lipinski definition) is 1. The van der Waals surface area contributed by atoms with Crippen LogP contribution in [0.4, 0.5) is 13.2 Å². The van der Waals surface area contributed by atoms with E-state index in [4.69, 9.17) is 4.74 Å². The number of rotatable bonds is 3. The van der Waals surface area contributed by atoms with Crippen LogP contribution in [0.15, 0.2) is 30.3 Å². The monoisotopic (exact) mass is 357 g/mol. The molecule has 1 aromatic carbocycles. The van der Waals surface area contributed by atoms with Gasteiger partial charge in [0.25, 0.3) is 0 Å². The zero-order valence-electron chi connectivity index (χ0n) is 14.4. The van der Waals surface area contributed by atoms with Crippen LogP contribution in [0.1, 0.15) is 32.8 Å². The van der Waals surface area contributed by atoms with Crippen LogP contribution in [0.25, 0.3) is 0 Å². The maximum absolute atomic E-state index is 13.5. The summed E-state index contributed by atoms with van der Waals surface area (Å²) in [5.74, 6) is -5.19. The van der Waals surface area contributed by atoms with E-state index in [1.165, 1.54) is 0 Å². The maximum Gasteiger partial charge on any atom is 0.393 e. The van der Waals surface area contributed by atoms with Gasteiger partial charge in [0.1, 0.15) is 6.10 Å². The smallest absolute Gasteiger partial charge is 0.393 e. The van der Waals surface area contributed by atoms with E-state index in [0.717, 1.165) is 5.56 Å². The Labute approximate surface area is 144 Å².